The molecule has 2 unspecified atom stereocenters. The van der Waals surface area contributed by atoms with Crippen molar-refractivity contribution in [3.05, 3.63) is 65.7 Å². The van der Waals surface area contributed by atoms with E-state index in [1.807, 2.05) is 30.3 Å². The predicted molar refractivity (Wildman–Crippen MR) is 115 cm³/mol. The van der Waals surface area contributed by atoms with Gasteiger partial charge in [0.15, 0.2) is 0 Å². The number of hydrogen-bond donors (Lipinski definition) is 3. The molecule has 0 aromatic heterocycles. The number of amides is 1. The average Bonchev–Trinajstić information content (AvgIpc) is 3.05. The number of rotatable bonds is 6. The second-order valence-corrected chi connectivity index (χ2v) is 9.38. The summed E-state index contributed by atoms with van der Waals surface area (Å²) in [5, 5.41) is 6.63. The molecule has 0 saturated carbocycles. The normalized spacial score (nSPS) is 23.2. The lowest BCUT2D eigenvalue weighted by Crippen LogP contribution is -2.48. The largest absolute Gasteiger partial charge is 0.349 e. The molecule has 2 aliphatic rings. The van der Waals surface area contributed by atoms with Crippen molar-refractivity contribution in [2.45, 2.75) is 55.2 Å². The number of piperidine rings is 1. The van der Waals surface area contributed by atoms with Gasteiger partial charge < -0.3 is 10.6 Å². The molecular weight excluding hydrogens is 410 g/mol. The van der Waals surface area contributed by atoms with E-state index in [1.54, 1.807) is 12.1 Å². The van der Waals surface area contributed by atoms with Crippen molar-refractivity contribution in [3.8, 4) is 0 Å². The molecule has 1 amide bonds. The lowest BCUT2D eigenvalue weighted by molar-refractivity contribution is 0.0923. The third-order valence-corrected chi connectivity index (χ3v) is 6.92. The van der Waals surface area contributed by atoms with Crippen LogP contribution in [0.3, 0.4) is 0 Å². The van der Waals surface area contributed by atoms with Crippen LogP contribution < -0.4 is 15.4 Å². The second-order valence-electron chi connectivity index (χ2n) is 7.62. The summed E-state index contributed by atoms with van der Waals surface area (Å²) in [5.41, 5.74) is 1.24. The Morgan fingerprint density at radius 2 is 1.69 bits per heavy atom. The lowest BCUT2D eigenvalue weighted by Gasteiger charge is -2.29. The van der Waals surface area contributed by atoms with E-state index in [9.17, 15) is 13.2 Å². The Morgan fingerprint density at radius 1 is 1.00 bits per heavy atom. The molecule has 2 heterocycles. The molecule has 2 aromatic carbocycles. The van der Waals surface area contributed by atoms with Crippen molar-refractivity contribution < 1.29 is 13.2 Å². The highest BCUT2D eigenvalue weighted by molar-refractivity contribution is 7.89. The Morgan fingerprint density at radius 3 is 2.38 bits per heavy atom. The number of carbonyl (C=O) groups excluding carboxylic acids is 1. The first-order valence-corrected chi connectivity index (χ1v) is 11.2. The minimum atomic E-state index is -3.70. The Bertz CT molecular complexity index is 941. The Labute approximate surface area is 177 Å². The van der Waals surface area contributed by atoms with E-state index in [1.165, 1.54) is 12.1 Å². The van der Waals surface area contributed by atoms with Gasteiger partial charge in [0.05, 0.1) is 4.90 Å². The van der Waals surface area contributed by atoms with Gasteiger partial charge in [-0.2, -0.15) is 0 Å². The van der Waals surface area contributed by atoms with Crippen LogP contribution in [0.4, 0.5) is 0 Å². The molecule has 6 nitrogen and oxygen atoms in total. The molecule has 2 bridgehead atoms. The van der Waals surface area contributed by atoms with Gasteiger partial charge in [-0.3, -0.25) is 4.79 Å². The maximum atomic E-state index is 12.7. The van der Waals surface area contributed by atoms with Crippen molar-refractivity contribution in [1.29, 1.82) is 0 Å². The number of fused-ring (bicyclic) bond motifs is 2. The molecule has 0 radical (unpaired) electrons. The monoisotopic (exact) mass is 435 g/mol. The number of hydrogen-bond acceptors (Lipinski definition) is 4. The summed E-state index contributed by atoms with van der Waals surface area (Å²) in [5.74, 6) is -0.216. The predicted octanol–water partition coefficient (Wildman–Crippen LogP) is 2.60. The highest BCUT2D eigenvalue weighted by Gasteiger charge is 2.34. The van der Waals surface area contributed by atoms with Crippen molar-refractivity contribution >= 4 is 28.3 Å². The van der Waals surface area contributed by atoms with E-state index in [4.69, 9.17) is 0 Å². The topological polar surface area (TPSA) is 87.3 Å². The molecule has 2 atom stereocenters. The number of halogens is 1. The highest BCUT2D eigenvalue weighted by Crippen LogP contribution is 2.27. The van der Waals surface area contributed by atoms with E-state index in [0.29, 0.717) is 17.6 Å². The van der Waals surface area contributed by atoms with Crippen LogP contribution in [0.25, 0.3) is 0 Å². The molecule has 2 fully saturated rings. The minimum Gasteiger partial charge on any atom is -0.349 e. The summed E-state index contributed by atoms with van der Waals surface area (Å²) in [6.07, 6.45) is 4.19. The Hall–Kier alpha value is -1.93. The lowest BCUT2D eigenvalue weighted by atomic mass is 9.99. The van der Waals surface area contributed by atoms with Crippen molar-refractivity contribution in [2.24, 2.45) is 0 Å². The molecule has 2 aliphatic heterocycles. The van der Waals surface area contributed by atoms with Gasteiger partial charge in [0.1, 0.15) is 0 Å². The van der Waals surface area contributed by atoms with Gasteiger partial charge in [0.2, 0.25) is 10.0 Å². The van der Waals surface area contributed by atoms with Crippen LogP contribution in [0.2, 0.25) is 0 Å². The zero-order valence-corrected chi connectivity index (χ0v) is 17.6. The molecule has 0 aliphatic carbocycles. The van der Waals surface area contributed by atoms with Crippen molar-refractivity contribution in [2.75, 3.05) is 0 Å². The van der Waals surface area contributed by atoms with E-state index < -0.39 is 10.0 Å². The summed E-state index contributed by atoms with van der Waals surface area (Å²) in [6.45, 7) is 0.206. The van der Waals surface area contributed by atoms with Gasteiger partial charge in [0.25, 0.3) is 5.91 Å². The molecule has 29 heavy (non-hydrogen) atoms. The fourth-order valence-electron chi connectivity index (χ4n) is 4.11. The molecule has 8 heteroatoms. The first-order valence-electron chi connectivity index (χ1n) is 9.70. The standard InChI is InChI=1S/C21H25N3O3S.ClH/c25-21(24-19-12-17-9-10-18(13-19)23-17)16-7-4-8-20(11-16)28(26,27)22-14-15-5-2-1-3-6-15;/h1-8,11,17-19,22-23H,9-10,12-14H2,(H,24,25);1H. The van der Waals surface area contributed by atoms with E-state index in [0.717, 1.165) is 31.2 Å². The summed E-state index contributed by atoms with van der Waals surface area (Å²) >= 11 is 0. The van der Waals surface area contributed by atoms with Gasteiger partial charge in [-0.15, -0.1) is 12.4 Å². The summed E-state index contributed by atoms with van der Waals surface area (Å²) in [6, 6.07) is 16.7. The molecular formula is C21H26ClN3O3S. The van der Waals surface area contributed by atoms with Gasteiger partial charge in [-0.05, 0) is 49.4 Å². The molecule has 2 saturated heterocycles. The van der Waals surface area contributed by atoms with Crippen LogP contribution in [0.1, 0.15) is 41.6 Å². The van der Waals surface area contributed by atoms with Crippen LogP contribution in [0, 0.1) is 0 Å². The molecule has 0 spiro atoms. The highest BCUT2D eigenvalue weighted by atomic mass is 35.5. The van der Waals surface area contributed by atoms with Crippen LogP contribution in [-0.2, 0) is 16.6 Å². The fraction of sp³-hybridized carbons (Fsp3) is 0.381. The number of benzene rings is 2. The summed E-state index contributed by atoms with van der Waals surface area (Å²) < 4.78 is 27.8. The van der Waals surface area contributed by atoms with E-state index >= 15 is 0 Å². The molecule has 2 aromatic rings. The SMILES string of the molecule is Cl.O=C(NC1CC2CCC(C1)N2)c1cccc(S(=O)(=O)NCc2ccccc2)c1. The maximum Gasteiger partial charge on any atom is 0.251 e. The first kappa shape index (κ1) is 21.8. The minimum absolute atomic E-state index is 0. The van der Waals surface area contributed by atoms with Gasteiger partial charge in [-0.1, -0.05) is 36.4 Å². The van der Waals surface area contributed by atoms with Crippen LogP contribution in [-0.4, -0.2) is 32.5 Å². The molecule has 3 N–H and O–H groups in total. The maximum absolute atomic E-state index is 12.7. The first-order chi connectivity index (χ1) is 13.5. The van der Waals surface area contributed by atoms with Gasteiger partial charge in [0, 0.05) is 30.2 Å². The molecule has 156 valence electrons. The third kappa shape index (κ3) is 5.36. The zero-order chi connectivity index (χ0) is 19.6. The average molecular weight is 436 g/mol. The summed E-state index contributed by atoms with van der Waals surface area (Å²) in [7, 11) is -3.70. The van der Waals surface area contributed by atoms with Gasteiger partial charge in [-0.25, -0.2) is 13.1 Å². The third-order valence-electron chi connectivity index (χ3n) is 5.52. The second kappa shape index (κ2) is 9.26. The number of carbonyl (C=O) groups is 1. The number of sulfonamides is 1. The quantitative estimate of drug-likeness (QED) is 0.650. The smallest absolute Gasteiger partial charge is 0.251 e. The Kier molecular flexibility index (Phi) is 6.95. The number of nitrogens with one attached hydrogen (secondary N) is 3. The zero-order valence-electron chi connectivity index (χ0n) is 16.0. The van der Waals surface area contributed by atoms with Crippen LogP contribution in [0.15, 0.2) is 59.5 Å². The summed E-state index contributed by atoms with van der Waals surface area (Å²) in [4.78, 5) is 12.8. The molecule has 4 rings (SSSR count). The van der Waals surface area contributed by atoms with Crippen LogP contribution >= 0.6 is 12.4 Å². The van der Waals surface area contributed by atoms with Gasteiger partial charge >= 0.3 is 0 Å². The van der Waals surface area contributed by atoms with Crippen LogP contribution in [0.5, 0.6) is 0 Å². The Balaban J connectivity index is 0.00000240. The van der Waals surface area contributed by atoms with E-state index in [-0.39, 0.29) is 35.8 Å². The van der Waals surface area contributed by atoms with Crippen molar-refractivity contribution in [3.63, 3.8) is 0 Å². The fourth-order valence-corrected chi connectivity index (χ4v) is 5.17. The van der Waals surface area contributed by atoms with Crippen molar-refractivity contribution in [1.82, 2.24) is 15.4 Å². The van der Waals surface area contributed by atoms with E-state index in [2.05, 4.69) is 15.4 Å².